The highest BCUT2D eigenvalue weighted by molar-refractivity contribution is 7.85. The van der Waals surface area contributed by atoms with E-state index < -0.39 is 10.8 Å². The van der Waals surface area contributed by atoms with Crippen molar-refractivity contribution < 1.29 is 8.60 Å². The summed E-state index contributed by atoms with van der Waals surface area (Å²) in [7, 11) is 5.14. The van der Waals surface area contributed by atoms with Gasteiger partial charge < -0.3 is 20.1 Å². The van der Waals surface area contributed by atoms with Crippen molar-refractivity contribution in [3.8, 4) is 16.9 Å². The summed E-state index contributed by atoms with van der Waals surface area (Å²) in [6, 6.07) is 17.6. The largest absolute Gasteiger partial charge is 0.386 e. The van der Waals surface area contributed by atoms with Crippen LogP contribution in [0.2, 0.25) is 0 Å². The van der Waals surface area contributed by atoms with E-state index in [-0.39, 0.29) is 5.82 Å². The highest BCUT2D eigenvalue weighted by Crippen LogP contribution is 2.30. The number of nitrogens with one attached hydrogen (secondary N) is 2. The molecule has 2 aromatic heterocycles. The summed E-state index contributed by atoms with van der Waals surface area (Å²) in [6.45, 7) is 1.64. The van der Waals surface area contributed by atoms with Crippen molar-refractivity contribution in [3.63, 3.8) is 0 Å². The van der Waals surface area contributed by atoms with Gasteiger partial charge in [-0.2, -0.15) is 0 Å². The Kier molecular flexibility index (Phi) is 7.58. The Morgan fingerprint density at radius 3 is 2.65 bits per heavy atom. The third-order valence-electron chi connectivity index (χ3n) is 7.15. The van der Waals surface area contributed by atoms with Crippen LogP contribution in [0.1, 0.15) is 18.4 Å². The van der Waals surface area contributed by atoms with Crippen LogP contribution < -0.4 is 15.5 Å². The fourth-order valence-corrected chi connectivity index (χ4v) is 6.32. The lowest BCUT2D eigenvalue weighted by Crippen LogP contribution is -2.28. The van der Waals surface area contributed by atoms with Crippen molar-refractivity contribution in [1.29, 1.82) is 0 Å². The van der Waals surface area contributed by atoms with Crippen LogP contribution in [0.3, 0.4) is 0 Å². The predicted octanol–water partition coefficient (Wildman–Crippen LogP) is 5.19. The molecule has 0 saturated carbocycles. The number of pyridine rings is 1. The molecule has 0 bridgehead atoms. The Morgan fingerprint density at radius 2 is 1.92 bits per heavy atom. The fourth-order valence-electron chi connectivity index (χ4n) is 4.92. The second-order valence-corrected chi connectivity index (χ2v) is 11.6. The maximum atomic E-state index is 14.5. The SMILES string of the molecule is CNc1ccc(-c2ccc3c(CNCC4CCS(=O)CC4)cn(-c4cccc(N(C)C)c4)c3n2)cc1F. The molecule has 1 aliphatic rings. The summed E-state index contributed by atoms with van der Waals surface area (Å²) in [4.78, 5) is 7.10. The Morgan fingerprint density at radius 1 is 1.11 bits per heavy atom. The summed E-state index contributed by atoms with van der Waals surface area (Å²) in [5, 5.41) is 7.58. The zero-order valence-corrected chi connectivity index (χ0v) is 22.4. The molecule has 2 aromatic carbocycles. The first-order valence-corrected chi connectivity index (χ1v) is 14.2. The van der Waals surface area contributed by atoms with Crippen molar-refractivity contribution in [3.05, 3.63) is 72.2 Å². The number of halogens is 1. The molecule has 4 aromatic rings. The second-order valence-electron chi connectivity index (χ2n) is 9.87. The van der Waals surface area contributed by atoms with E-state index >= 15 is 0 Å². The van der Waals surface area contributed by atoms with Gasteiger partial charge in [-0.1, -0.05) is 12.1 Å². The van der Waals surface area contributed by atoms with Crippen LogP contribution >= 0.6 is 0 Å². The molecule has 0 aliphatic carbocycles. The molecule has 0 radical (unpaired) electrons. The zero-order valence-electron chi connectivity index (χ0n) is 21.6. The molecular formula is C29H34FN5OS. The van der Waals surface area contributed by atoms with Crippen LogP contribution in [0.15, 0.2) is 60.8 Å². The predicted molar refractivity (Wildman–Crippen MR) is 153 cm³/mol. The number of nitrogens with zero attached hydrogens (tertiary/aromatic N) is 3. The van der Waals surface area contributed by atoms with E-state index in [1.807, 2.05) is 26.2 Å². The van der Waals surface area contributed by atoms with Crippen LogP contribution in [-0.4, -0.2) is 53.0 Å². The third-order valence-corrected chi connectivity index (χ3v) is 8.53. The lowest BCUT2D eigenvalue weighted by Gasteiger charge is -2.21. The quantitative estimate of drug-likeness (QED) is 0.336. The number of hydrogen-bond acceptors (Lipinski definition) is 5. The lowest BCUT2D eigenvalue weighted by molar-refractivity contribution is 0.442. The molecule has 1 aliphatic heterocycles. The van der Waals surface area contributed by atoms with E-state index in [0.29, 0.717) is 11.6 Å². The van der Waals surface area contributed by atoms with Crippen molar-refractivity contribution in [2.45, 2.75) is 19.4 Å². The van der Waals surface area contributed by atoms with Gasteiger partial charge in [-0.3, -0.25) is 4.21 Å². The number of benzene rings is 2. The molecular weight excluding hydrogens is 485 g/mol. The van der Waals surface area contributed by atoms with Gasteiger partial charge in [-0.15, -0.1) is 0 Å². The van der Waals surface area contributed by atoms with E-state index in [1.54, 1.807) is 13.1 Å². The Hall–Kier alpha value is -3.23. The van der Waals surface area contributed by atoms with Gasteiger partial charge in [-0.05, 0) is 73.3 Å². The summed E-state index contributed by atoms with van der Waals surface area (Å²) in [5.74, 6) is 1.91. The minimum atomic E-state index is -0.636. The van der Waals surface area contributed by atoms with Gasteiger partial charge in [0, 0.05) is 78.5 Å². The molecule has 2 N–H and O–H groups in total. The first-order chi connectivity index (χ1) is 17.9. The van der Waals surface area contributed by atoms with Crippen LogP contribution in [0.25, 0.3) is 28.0 Å². The Labute approximate surface area is 220 Å². The van der Waals surface area contributed by atoms with Crippen molar-refractivity contribution >= 4 is 33.2 Å². The maximum absolute atomic E-state index is 14.5. The smallest absolute Gasteiger partial charge is 0.146 e. The van der Waals surface area contributed by atoms with Gasteiger partial charge in [-0.25, -0.2) is 9.37 Å². The molecule has 5 rings (SSSR count). The molecule has 0 unspecified atom stereocenters. The van der Waals surface area contributed by atoms with Gasteiger partial charge in [0.05, 0.1) is 11.4 Å². The minimum absolute atomic E-state index is 0.299. The van der Waals surface area contributed by atoms with Gasteiger partial charge in [0.15, 0.2) is 0 Å². The van der Waals surface area contributed by atoms with E-state index in [0.717, 1.165) is 71.1 Å². The topological polar surface area (TPSA) is 62.2 Å². The molecule has 0 atom stereocenters. The second kappa shape index (κ2) is 11.0. The Bertz CT molecular complexity index is 1420. The van der Waals surface area contributed by atoms with Crippen LogP contribution in [0, 0.1) is 11.7 Å². The molecule has 0 spiro atoms. The first-order valence-electron chi connectivity index (χ1n) is 12.7. The van der Waals surface area contributed by atoms with Gasteiger partial charge in [0.1, 0.15) is 11.5 Å². The molecule has 8 heteroatoms. The van der Waals surface area contributed by atoms with Crippen molar-refractivity contribution in [2.24, 2.45) is 5.92 Å². The molecule has 1 saturated heterocycles. The number of rotatable bonds is 8. The van der Waals surface area contributed by atoms with Gasteiger partial charge in [0.25, 0.3) is 0 Å². The number of anilines is 2. The average molecular weight is 520 g/mol. The highest BCUT2D eigenvalue weighted by Gasteiger charge is 2.18. The number of aromatic nitrogens is 2. The lowest BCUT2D eigenvalue weighted by atomic mass is 10.0. The Balaban J connectivity index is 1.50. The molecule has 0 amide bonds. The summed E-state index contributed by atoms with van der Waals surface area (Å²) < 4.78 is 28.3. The molecule has 3 heterocycles. The molecule has 37 heavy (non-hydrogen) atoms. The average Bonchev–Trinajstić information content (AvgIpc) is 3.27. The number of fused-ring (bicyclic) bond motifs is 1. The van der Waals surface area contributed by atoms with Crippen LogP contribution in [0.5, 0.6) is 0 Å². The first kappa shape index (κ1) is 25.4. The molecule has 1 fully saturated rings. The minimum Gasteiger partial charge on any atom is -0.386 e. The summed E-state index contributed by atoms with van der Waals surface area (Å²) >= 11 is 0. The number of hydrogen-bond donors (Lipinski definition) is 2. The van der Waals surface area contributed by atoms with Crippen LogP contribution in [-0.2, 0) is 17.3 Å². The molecule has 6 nitrogen and oxygen atoms in total. The van der Waals surface area contributed by atoms with E-state index in [2.05, 4.69) is 56.6 Å². The molecule has 194 valence electrons. The van der Waals surface area contributed by atoms with Gasteiger partial charge in [0.2, 0.25) is 0 Å². The standard InChI is InChI=1S/C29H34FN5OS/c1-31-28-9-7-21(15-26(28)30)27-10-8-25-22(18-32-17-20-11-13-37(36)14-12-20)19-35(29(25)33-27)24-6-4-5-23(16-24)34(2)3/h4-10,15-16,19-20,31-32H,11-14,17-18H2,1-3H3. The van der Waals surface area contributed by atoms with Gasteiger partial charge >= 0.3 is 0 Å². The van der Waals surface area contributed by atoms with Crippen molar-refractivity contribution in [2.75, 3.05) is 49.4 Å². The van der Waals surface area contributed by atoms with E-state index in [1.165, 1.54) is 11.6 Å². The zero-order chi connectivity index (χ0) is 25.9. The van der Waals surface area contributed by atoms with Crippen molar-refractivity contribution in [1.82, 2.24) is 14.9 Å². The normalized spacial score (nSPS) is 17.7. The maximum Gasteiger partial charge on any atom is 0.146 e. The van der Waals surface area contributed by atoms with E-state index in [9.17, 15) is 8.60 Å². The summed E-state index contributed by atoms with van der Waals surface area (Å²) in [5.41, 5.74) is 6.07. The fraction of sp³-hybridized carbons (Fsp3) is 0.345. The monoisotopic (exact) mass is 519 g/mol. The third kappa shape index (κ3) is 5.55. The van der Waals surface area contributed by atoms with Crippen LogP contribution in [0.4, 0.5) is 15.8 Å². The van der Waals surface area contributed by atoms with E-state index in [4.69, 9.17) is 4.98 Å². The summed E-state index contributed by atoms with van der Waals surface area (Å²) in [6.07, 6.45) is 4.20. The highest BCUT2D eigenvalue weighted by atomic mass is 32.2.